The number of amides is 2. The van der Waals surface area contributed by atoms with Crippen LogP contribution in [0.1, 0.15) is 22.8 Å². The molecule has 2 amide bonds. The number of hydrogen-bond donors (Lipinski definition) is 2. The lowest BCUT2D eigenvalue weighted by molar-refractivity contribution is -0.118. The van der Waals surface area contributed by atoms with E-state index >= 15 is 0 Å². The molecule has 0 aliphatic heterocycles. The maximum absolute atomic E-state index is 12.5. The summed E-state index contributed by atoms with van der Waals surface area (Å²) in [5, 5.41) is 5.57. The third kappa shape index (κ3) is 5.61. The van der Waals surface area contributed by atoms with Gasteiger partial charge in [0.2, 0.25) is 0 Å². The normalized spacial score (nSPS) is 10.2. The van der Waals surface area contributed by atoms with E-state index in [9.17, 15) is 9.59 Å². The molecule has 3 aromatic rings. The fraction of sp³-hybridized carbons (Fsp3) is 0.167. The predicted molar refractivity (Wildman–Crippen MR) is 117 cm³/mol. The lowest BCUT2D eigenvalue weighted by Crippen LogP contribution is -2.20. The molecule has 0 aliphatic carbocycles. The first kappa shape index (κ1) is 20.9. The topological polar surface area (TPSA) is 76.7 Å². The molecule has 0 radical (unpaired) electrons. The van der Waals surface area contributed by atoms with E-state index in [-0.39, 0.29) is 18.4 Å². The van der Waals surface area contributed by atoms with Gasteiger partial charge in [-0.25, -0.2) is 0 Å². The summed E-state index contributed by atoms with van der Waals surface area (Å²) in [6, 6.07) is 21.5. The van der Waals surface area contributed by atoms with Crippen LogP contribution in [0.3, 0.4) is 0 Å². The van der Waals surface area contributed by atoms with Crippen LogP contribution in [0.4, 0.5) is 11.4 Å². The van der Waals surface area contributed by atoms with Crippen molar-refractivity contribution < 1.29 is 19.1 Å². The molecule has 6 nitrogen and oxygen atoms in total. The number of para-hydroxylation sites is 2. The van der Waals surface area contributed by atoms with Crippen molar-refractivity contribution in [2.75, 3.05) is 24.4 Å². The highest BCUT2D eigenvalue weighted by atomic mass is 16.5. The number of rotatable bonds is 8. The molecule has 0 spiro atoms. The second-order valence-electron chi connectivity index (χ2n) is 6.57. The Labute approximate surface area is 175 Å². The first-order valence-corrected chi connectivity index (χ1v) is 9.65. The Morgan fingerprint density at radius 2 is 1.67 bits per heavy atom. The van der Waals surface area contributed by atoms with Gasteiger partial charge in [-0.1, -0.05) is 31.2 Å². The molecule has 2 N–H and O–H groups in total. The summed E-state index contributed by atoms with van der Waals surface area (Å²) < 4.78 is 10.8. The van der Waals surface area contributed by atoms with Crippen LogP contribution in [-0.4, -0.2) is 25.5 Å². The summed E-state index contributed by atoms with van der Waals surface area (Å²) in [6.07, 6.45) is 0.903. The summed E-state index contributed by atoms with van der Waals surface area (Å²) in [4.78, 5) is 24.6. The molecule has 0 bridgehead atoms. The zero-order chi connectivity index (χ0) is 21.3. The lowest BCUT2D eigenvalue weighted by atomic mass is 10.2. The Bertz CT molecular complexity index is 1020. The van der Waals surface area contributed by atoms with Crippen molar-refractivity contribution in [2.45, 2.75) is 13.3 Å². The highest BCUT2D eigenvalue weighted by Gasteiger charge is 2.10. The van der Waals surface area contributed by atoms with Crippen molar-refractivity contribution in [1.29, 1.82) is 0 Å². The quantitative estimate of drug-likeness (QED) is 0.578. The molecule has 0 unspecified atom stereocenters. The molecule has 0 saturated heterocycles. The first-order valence-electron chi connectivity index (χ1n) is 9.65. The van der Waals surface area contributed by atoms with Crippen molar-refractivity contribution >= 4 is 23.2 Å². The van der Waals surface area contributed by atoms with Gasteiger partial charge in [0.1, 0.15) is 11.5 Å². The second-order valence-corrected chi connectivity index (χ2v) is 6.57. The average Bonchev–Trinajstić information content (AvgIpc) is 2.78. The number of methoxy groups -OCH3 is 1. The van der Waals surface area contributed by atoms with Crippen molar-refractivity contribution in [3.05, 3.63) is 83.9 Å². The van der Waals surface area contributed by atoms with Gasteiger partial charge in [0.25, 0.3) is 11.8 Å². The van der Waals surface area contributed by atoms with E-state index < -0.39 is 0 Å². The third-order valence-corrected chi connectivity index (χ3v) is 4.46. The summed E-state index contributed by atoms with van der Waals surface area (Å²) in [5.41, 5.74) is 2.79. The molecule has 0 fully saturated rings. The van der Waals surface area contributed by atoms with Crippen LogP contribution in [0, 0.1) is 0 Å². The van der Waals surface area contributed by atoms with Gasteiger partial charge in [0.15, 0.2) is 6.61 Å². The maximum Gasteiger partial charge on any atom is 0.262 e. The number of benzene rings is 3. The fourth-order valence-electron chi connectivity index (χ4n) is 2.85. The van der Waals surface area contributed by atoms with Crippen LogP contribution < -0.4 is 20.1 Å². The number of hydrogen-bond acceptors (Lipinski definition) is 4. The number of ether oxygens (including phenoxy) is 2. The van der Waals surface area contributed by atoms with Gasteiger partial charge < -0.3 is 20.1 Å². The number of carbonyl (C=O) groups is 2. The molecular formula is C24H24N2O4. The van der Waals surface area contributed by atoms with E-state index in [1.807, 2.05) is 36.4 Å². The summed E-state index contributed by atoms with van der Waals surface area (Å²) in [6.45, 7) is 1.97. The van der Waals surface area contributed by atoms with Gasteiger partial charge in [-0.05, 0) is 60.5 Å². The number of carbonyl (C=O) groups excluding carboxylic acids is 2. The van der Waals surface area contributed by atoms with Gasteiger partial charge in [0.05, 0.1) is 12.8 Å². The van der Waals surface area contributed by atoms with Gasteiger partial charge in [0, 0.05) is 11.3 Å². The van der Waals surface area contributed by atoms with Crippen LogP contribution >= 0.6 is 0 Å². The van der Waals surface area contributed by atoms with Crippen molar-refractivity contribution in [3.8, 4) is 11.5 Å². The van der Waals surface area contributed by atoms with Gasteiger partial charge in [-0.2, -0.15) is 0 Å². The standard InChI is InChI=1S/C24H24N2O4/c1-3-17-7-6-8-20(15-17)30-16-23(27)25-19-13-11-18(12-14-19)24(28)26-21-9-4-5-10-22(21)29-2/h4-15H,3,16H2,1-2H3,(H,25,27)(H,26,28). The average molecular weight is 404 g/mol. The second kappa shape index (κ2) is 10.1. The Hall–Kier alpha value is -3.80. The maximum atomic E-state index is 12.5. The van der Waals surface area contributed by atoms with Crippen molar-refractivity contribution in [3.63, 3.8) is 0 Å². The molecule has 0 aromatic heterocycles. The monoisotopic (exact) mass is 404 g/mol. The smallest absolute Gasteiger partial charge is 0.262 e. The van der Waals surface area contributed by atoms with E-state index in [0.717, 1.165) is 12.0 Å². The molecule has 0 aliphatic rings. The van der Waals surface area contributed by atoms with E-state index in [1.165, 1.54) is 0 Å². The molecule has 3 rings (SSSR count). The zero-order valence-corrected chi connectivity index (χ0v) is 17.0. The van der Waals surface area contributed by atoms with Gasteiger partial charge in [-0.3, -0.25) is 9.59 Å². The van der Waals surface area contributed by atoms with Crippen LogP contribution in [0.2, 0.25) is 0 Å². The summed E-state index contributed by atoms with van der Waals surface area (Å²) in [5.74, 6) is 0.701. The minimum absolute atomic E-state index is 0.0940. The highest BCUT2D eigenvalue weighted by Crippen LogP contribution is 2.24. The molecule has 154 valence electrons. The number of nitrogens with one attached hydrogen (secondary N) is 2. The van der Waals surface area contributed by atoms with Crippen LogP contribution in [0.15, 0.2) is 72.8 Å². The zero-order valence-electron chi connectivity index (χ0n) is 17.0. The minimum atomic E-state index is -0.275. The Morgan fingerprint density at radius 3 is 2.40 bits per heavy atom. The fourth-order valence-corrected chi connectivity index (χ4v) is 2.85. The number of anilines is 2. The lowest BCUT2D eigenvalue weighted by Gasteiger charge is -2.11. The Morgan fingerprint density at radius 1 is 0.900 bits per heavy atom. The van der Waals surface area contributed by atoms with Crippen molar-refractivity contribution in [2.24, 2.45) is 0 Å². The minimum Gasteiger partial charge on any atom is -0.495 e. The van der Waals surface area contributed by atoms with Crippen LogP contribution in [0.25, 0.3) is 0 Å². The molecule has 0 heterocycles. The van der Waals surface area contributed by atoms with E-state index in [1.54, 1.807) is 43.5 Å². The molecule has 30 heavy (non-hydrogen) atoms. The van der Waals surface area contributed by atoms with E-state index in [4.69, 9.17) is 9.47 Å². The van der Waals surface area contributed by atoms with Gasteiger partial charge >= 0.3 is 0 Å². The van der Waals surface area contributed by atoms with Crippen LogP contribution in [-0.2, 0) is 11.2 Å². The molecular weight excluding hydrogens is 380 g/mol. The summed E-state index contributed by atoms with van der Waals surface area (Å²) >= 11 is 0. The largest absolute Gasteiger partial charge is 0.495 e. The number of aryl methyl sites for hydroxylation is 1. The Balaban J connectivity index is 1.54. The van der Waals surface area contributed by atoms with E-state index in [0.29, 0.717) is 28.4 Å². The summed E-state index contributed by atoms with van der Waals surface area (Å²) in [7, 11) is 1.55. The molecule has 3 aromatic carbocycles. The predicted octanol–water partition coefficient (Wildman–Crippen LogP) is 4.53. The SMILES string of the molecule is CCc1cccc(OCC(=O)Nc2ccc(C(=O)Nc3ccccc3OC)cc2)c1. The first-order chi connectivity index (χ1) is 14.6. The highest BCUT2D eigenvalue weighted by molar-refractivity contribution is 6.05. The third-order valence-electron chi connectivity index (χ3n) is 4.46. The Kier molecular flexibility index (Phi) is 7.05. The van der Waals surface area contributed by atoms with Gasteiger partial charge in [-0.15, -0.1) is 0 Å². The van der Waals surface area contributed by atoms with E-state index in [2.05, 4.69) is 17.6 Å². The van der Waals surface area contributed by atoms with Crippen molar-refractivity contribution in [1.82, 2.24) is 0 Å². The molecule has 0 saturated carbocycles. The molecule has 6 heteroatoms. The molecule has 0 atom stereocenters. The van der Waals surface area contributed by atoms with Crippen LogP contribution in [0.5, 0.6) is 11.5 Å².